The summed E-state index contributed by atoms with van der Waals surface area (Å²) >= 11 is 9.76. The Kier molecular flexibility index (Phi) is 4.07. The van der Waals surface area contributed by atoms with E-state index in [9.17, 15) is 0 Å². The third-order valence-corrected chi connectivity index (χ3v) is 4.51. The summed E-state index contributed by atoms with van der Waals surface area (Å²) in [4.78, 5) is 0. The highest BCUT2D eigenvalue weighted by Crippen LogP contribution is 2.31. The molecule has 3 aromatic rings. The lowest BCUT2D eigenvalue weighted by Crippen LogP contribution is -2.12. The van der Waals surface area contributed by atoms with Crippen LogP contribution in [0.15, 0.2) is 51.4 Å². The third-order valence-electron chi connectivity index (χ3n) is 3.53. The summed E-state index contributed by atoms with van der Waals surface area (Å²) < 4.78 is 6.82. The molecule has 21 heavy (non-hydrogen) atoms. The predicted molar refractivity (Wildman–Crippen MR) is 90.7 cm³/mol. The summed E-state index contributed by atoms with van der Waals surface area (Å²) in [5, 5.41) is 1.80. The molecule has 1 aromatic heterocycles. The third kappa shape index (κ3) is 3.00. The minimum absolute atomic E-state index is 0.218. The van der Waals surface area contributed by atoms with E-state index < -0.39 is 0 Å². The van der Waals surface area contributed by atoms with Gasteiger partial charge in [-0.2, -0.15) is 0 Å². The van der Waals surface area contributed by atoms with E-state index in [2.05, 4.69) is 15.9 Å². The van der Waals surface area contributed by atoms with Gasteiger partial charge in [0.15, 0.2) is 0 Å². The van der Waals surface area contributed by atoms with Gasteiger partial charge < -0.3 is 10.2 Å². The van der Waals surface area contributed by atoms with E-state index in [1.807, 2.05) is 49.4 Å². The number of fused-ring (bicyclic) bond motifs is 1. The van der Waals surface area contributed by atoms with E-state index in [1.54, 1.807) is 0 Å². The molecular formula is C17H15BrClNO. The molecule has 1 atom stereocenters. The topological polar surface area (TPSA) is 39.2 Å². The van der Waals surface area contributed by atoms with Crippen molar-refractivity contribution >= 4 is 38.5 Å². The molecule has 0 fully saturated rings. The van der Waals surface area contributed by atoms with Crippen molar-refractivity contribution in [1.29, 1.82) is 0 Å². The molecule has 0 aliphatic carbocycles. The van der Waals surface area contributed by atoms with Crippen LogP contribution in [-0.2, 0) is 6.42 Å². The van der Waals surface area contributed by atoms with Gasteiger partial charge in [-0.3, -0.25) is 0 Å². The fourth-order valence-electron chi connectivity index (χ4n) is 2.39. The minimum atomic E-state index is -0.218. The molecule has 1 heterocycles. The largest absolute Gasteiger partial charge is 0.458 e. The Balaban J connectivity index is 1.90. The average molecular weight is 365 g/mol. The van der Waals surface area contributed by atoms with Gasteiger partial charge in [-0.15, -0.1) is 0 Å². The maximum atomic E-state index is 6.28. The number of benzene rings is 2. The molecule has 0 radical (unpaired) electrons. The lowest BCUT2D eigenvalue weighted by Gasteiger charge is -2.10. The molecule has 2 aromatic carbocycles. The number of nitrogens with two attached hydrogens (primary N) is 1. The van der Waals surface area contributed by atoms with Gasteiger partial charge in [0.1, 0.15) is 11.3 Å². The lowest BCUT2D eigenvalue weighted by atomic mass is 10.0. The molecule has 2 N–H and O–H groups in total. The van der Waals surface area contributed by atoms with E-state index in [4.69, 9.17) is 21.8 Å². The van der Waals surface area contributed by atoms with Crippen molar-refractivity contribution in [3.8, 4) is 0 Å². The number of hydrogen-bond acceptors (Lipinski definition) is 2. The Hall–Kier alpha value is -1.29. The van der Waals surface area contributed by atoms with Crippen LogP contribution < -0.4 is 5.73 Å². The Morgan fingerprint density at radius 2 is 2.05 bits per heavy atom. The summed E-state index contributed by atoms with van der Waals surface area (Å²) in [6.45, 7) is 2.02. The number of halogens is 2. The molecule has 4 heteroatoms. The van der Waals surface area contributed by atoms with Crippen molar-refractivity contribution in [3.63, 3.8) is 0 Å². The van der Waals surface area contributed by atoms with Crippen molar-refractivity contribution in [2.45, 2.75) is 19.4 Å². The van der Waals surface area contributed by atoms with Crippen LogP contribution >= 0.6 is 27.5 Å². The van der Waals surface area contributed by atoms with Crippen LogP contribution in [0.25, 0.3) is 11.0 Å². The number of rotatable bonds is 3. The van der Waals surface area contributed by atoms with Gasteiger partial charge in [-0.1, -0.05) is 35.9 Å². The van der Waals surface area contributed by atoms with E-state index in [-0.39, 0.29) is 6.04 Å². The quantitative estimate of drug-likeness (QED) is 0.676. The monoisotopic (exact) mass is 363 g/mol. The number of aryl methyl sites for hydroxylation is 1. The Morgan fingerprint density at radius 3 is 2.76 bits per heavy atom. The highest BCUT2D eigenvalue weighted by atomic mass is 79.9. The van der Waals surface area contributed by atoms with Crippen molar-refractivity contribution in [3.05, 3.63) is 68.8 Å². The van der Waals surface area contributed by atoms with Crippen molar-refractivity contribution in [1.82, 2.24) is 0 Å². The van der Waals surface area contributed by atoms with Crippen LogP contribution in [0.2, 0.25) is 5.02 Å². The maximum Gasteiger partial charge on any atom is 0.148 e. The van der Waals surface area contributed by atoms with E-state index >= 15 is 0 Å². The van der Waals surface area contributed by atoms with Crippen LogP contribution in [-0.4, -0.2) is 0 Å². The zero-order valence-electron chi connectivity index (χ0n) is 11.6. The Labute approximate surface area is 137 Å². The second-order valence-electron chi connectivity index (χ2n) is 5.21. The molecule has 1 unspecified atom stereocenters. The van der Waals surface area contributed by atoms with Crippen LogP contribution in [0, 0.1) is 6.92 Å². The van der Waals surface area contributed by atoms with Crippen molar-refractivity contribution in [2.24, 2.45) is 5.73 Å². The van der Waals surface area contributed by atoms with E-state index in [1.165, 1.54) is 0 Å². The maximum absolute atomic E-state index is 6.28. The molecule has 0 amide bonds. The predicted octanol–water partition coefficient (Wildman–Crippen LogP) is 5.40. The first-order valence-electron chi connectivity index (χ1n) is 6.73. The molecule has 0 bridgehead atoms. The first-order chi connectivity index (χ1) is 10.0. The molecule has 2 nitrogen and oxygen atoms in total. The second kappa shape index (κ2) is 5.84. The first-order valence-corrected chi connectivity index (χ1v) is 7.90. The molecule has 0 saturated carbocycles. The fraction of sp³-hybridized carbons (Fsp3) is 0.176. The van der Waals surface area contributed by atoms with Gasteiger partial charge in [-0.25, -0.2) is 0 Å². The highest BCUT2D eigenvalue weighted by molar-refractivity contribution is 9.10. The summed E-state index contributed by atoms with van der Waals surface area (Å²) in [6.07, 6.45) is 0.649. The number of hydrogen-bond donors (Lipinski definition) is 1. The first kappa shape index (κ1) is 14.6. The molecule has 108 valence electrons. The highest BCUT2D eigenvalue weighted by Gasteiger charge is 2.15. The normalized spacial score (nSPS) is 12.8. The zero-order chi connectivity index (χ0) is 15.0. The molecular weight excluding hydrogens is 350 g/mol. The van der Waals surface area contributed by atoms with E-state index in [0.717, 1.165) is 37.4 Å². The summed E-state index contributed by atoms with van der Waals surface area (Å²) in [7, 11) is 0. The molecule has 0 aliphatic heterocycles. The van der Waals surface area contributed by atoms with Gasteiger partial charge in [0.05, 0.1) is 10.5 Å². The van der Waals surface area contributed by atoms with E-state index in [0.29, 0.717) is 6.42 Å². The van der Waals surface area contributed by atoms with Crippen LogP contribution in [0.4, 0.5) is 0 Å². The van der Waals surface area contributed by atoms with Gasteiger partial charge in [0.25, 0.3) is 0 Å². The number of furan rings is 1. The van der Waals surface area contributed by atoms with Gasteiger partial charge in [0, 0.05) is 10.4 Å². The van der Waals surface area contributed by atoms with Crippen molar-refractivity contribution in [2.75, 3.05) is 0 Å². The zero-order valence-corrected chi connectivity index (χ0v) is 13.9. The lowest BCUT2D eigenvalue weighted by molar-refractivity contribution is 0.493. The molecule has 0 spiro atoms. The van der Waals surface area contributed by atoms with Gasteiger partial charge in [0.2, 0.25) is 0 Å². The van der Waals surface area contributed by atoms with Crippen LogP contribution in [0.3, 0.4) is 0 Å². The number of para-hydroxylation sites is 1. The second-order valence-corrected chi connectivity index (χ2v) is 6.47. The van der Waals surface area contributed by atoms with Crippen molar-refractivity contribution < 1.29 is 4.42 Å². The van der Waals surface area contributed by atoms with Gasteiger partial charge >= 0.3 is 0 Å². The standard InChI is InChI=1S/C17H15BrClNO/c1-10-5-6-11(14(19)7-10)8-15(20)16-9-12-3-2-4-13(18)17(12)21-16/h2-7,9,15H,8,20H2,1H3. The summed E-state index contributed by atoms with van der Waals surface area (Å²) in [6, 6.07) is 13.7. The molecule has 0 saturated heterocycles. The summed E-state index contributed by atoms with van der Waals surface area (Å²) in [5.41, 5.74) is 9.29. The Morgan fingerprint density at radius 1 is 1.24 bits per heavy atom. The molecule has 3 rings (SSSR count). The average Bonchev–Trinajstić information content (AvgIpc) is 2.87. The minimum Gasteiger partial charge on any atom is -0.458 e. The fourth-order valence-corrected chi connectivity index (χ4v) is 3.16. The Bertz CT molecular complexity index is 797. The van der Waals surface area contributed by atoms with Crippen LogP contribution in [0.1, 0.15) is 22.9 Å². The smallest absolute Gasteiger partial charge is 0.148 e. The summed E-state index contributed by atoms with van der Waals surface area (Å²) in [5.74, 6) is 0.772. The SMILES string of the molecule is Cc1ccc(CC(N)c2cc3cccc(Br)c3o2)c(Cl)c1. The van der Waals surface area contributed by atoms with Crippen LogP contribution in [0.5, 0.6) is 0 Å². The molecule has 0 aliphatic rings. The van der Waals surface area contributed by atoms with Gasteiger partial charge in [-0.05, 0) is 58.6 Å².